The Balaban J connectivity index is 1.70. The molecule has 1 amide bonds. The Morgan fingerprint density at radius 2 is 1.85 bits per heavy atom. The molecule has 0 bridgehead atoms. The fourth-order valence-electron chi connectivity index (χ4n) is 2.83. The number of hydrogen-bond acceptors (Lipinski definition) is 5. The highest BCUT2D eigenvalue weighted by Crippen LogP contribution is 2.47. The van der Waals surface area contributed by atoms with Gasteiger partial charge >= 0.3 is 0 Å². The second-order valence-electron chi connectivity index (χ2n) is 6.24. The van der Waals surface area contributed by atoms with Gasteiger partial charge in [-0.2, -0.15) is 5.26 Å². The topological polar surface area (TPSA) is 104 Å². The molecule has 132 valence electrons. The number of amides is 1. The van der Waals surface area contributed by atoms with Gasteiger partial charge in [-0.3, -0.25) is 9.59 Å². The number of hydrogen-bond donors (Lipinski definition) is 1. The van der Waals surface area contributed by atoms with Crippen molar-refractivity contribution < 1.29 is 18.0 Å². The number of Topliss-reactive ketones (excluding diaryl/α,β-unsaturated/α-hetero) is 1. The van der Waals surface area contributed by atoms with Crippen molar-refractivity contribution in [3.63, 3.8) is 0 Å². The third kappa shape index (κ3) is 3.65. The number of nitriles is 1. The summed E-state index contributed by atoms with van der Waals surface area (Å²) in [6.45, 7) is 1.39. The van der Waals surface area contributed by atoms with Crippen molar-refractivity contribution >= 4 is 21.7 Å². The molecule has 2 atom stereocenters. The minimum absolute atomic E-state index is 0.0699. The molecule has 1 aliphatic rings. The van der Waals surface area contributed by atoms with Crippen LogP contribution in [-0.4, -0.2) is 20.1 Å². The van der Waals surface area contributed by atoms with Crippen molar-refractivity contribution in [3.05, 3.63) is 65.2 Å². The number of carbonyl (C=O) groups is 2. The Labute approximate surface area is 151 Å². The average molecular weight is 368 g/mol. The molecule has 1 N–H and O–H groups in total. The maximum absolute atomic E-state index is 12.3. The van der Waals surface area contributed by atoms with Crippen molar-refractivity contribution in [3.8, 4) is 6.07 Å². The van der Waals surface area contributed by atoms with Gasteiger partial charge in [0.15, 0.2) is 5.78 Å². The first-order valence-corrected chi connectivity index (χ1v) is 9.48. The number of sulfonamides is 1. The van der Waals surface area contributed by atoms with Crippen molar-refractivity contribution in [1.82, 2.24) is 4.72 Å². The van der Waals surface area contributed by atoms with E-state index in [0.29, 0.717) is 17.5 Å². The Bertz CT molecular complexity index is 1020. The van der Waals surface area contributed by atoms with Gasteiger partial charge in [0.1, 0.15) is 0 Å². The van der Waals surface area contributed by atoms with Gasteiger partial charge in [-0.05, 0) is 49.1 Å². The molecule has 0 radical (unpaired) electrons. The van der Waals surface area contributed by atoms with E-state index >= 15 is 0 Å². The molecule has 6 nitrogen and oxygen atoms in total. The molecule has 0 aliphatic heterocycles. The first-order chi connectivity index (χ1) is 12.3. The zero-order chi connectivity index (χ0) is 18.9. The first-order valence-electron chi connectivity index (χ1n) is 7.99. The maximum atomic E-state index is 12.3. The fourth-order valence-corrected chi connectivity index (χ4v) is 3.86. The number of carbonyl (C=O) groups excluding carboxylic acids is 2. The van der Waals surface area contributed by atoms with E-state index in [1.54, 1.807) is 18.2 Å². The number of ketones is 1. The summed E-state index contributed by atoms with van der Waals surface area (Å²) in [4.78, 5) is 23.5. The highest BCUT2D eigenvalue weighted by molar-refractivity contribution is 7.90. The van der Waals surface area contributed by atoms with Gasteiger partial charge < -0.3 is 0 Å². The summed E-state index contributed by atoms with van der Waals surface area (Å²) in [5, 5.41) is 8.94. The number of nitrogens with one attached hydrogen (secondary N) is 1. The third-order valence-electron chi connectivity index (χ3n) is 4.38. The quantitative estimate of drug-likeness (QED) is 0.816. The van der Waals surface area contributed by atoms with Crippen LogP contribution in [0.2, 0.25) is 0 Å². The maximum Gasteiger partial charge on any atom is 0.264 e. The molecule has 1 aliphatic carbocycles. The zero-order valence-electron chi connectivity index (χ0n) is 14.0. The fraction of sp³-hybridized carbons (Fsp3) is 0.211. The lowest BCUT2D eigenvalue weighted by atomic mass is 10.1. The normalized spacial score (nSPS) is 18.6. The minimum atomic E-state index is -3.99. The van der Waals surface area contributed by atoms with E-state index in [1.807, 2.05) is 12.1 Å². The predicted molar refractivity (Wildman–Crippen MR) is 93.8 cm³/mol. The van der Waals surface area contributed by atoms with Crippen molar-refractivity contribution in [2.45, 2.75) is 24.2 Å². The summed E-state index contributed by atoms with van der Waals surface area (Å²) < 4.78 is 26.8. The molecule has 1 fully saturated rings. The molecule has 0 aromatic heterocycles. The van der Waals surface area contributed by atoms with Gasteiger partial charge in [0.25, 0.3) is 10.0 Å². The second kappa shape index (κ2) is 6.73. The van der Waals surface area contributed by atoms with Crippen LogP contribution in [0, 0.1) is 17.2 Å². The molecule has 7 heteroatoms. The van der Waals surface area contributed by atoms with Crippen LogP contribution in [0.25, 0.3) is 0 Å². The molecular formula is C19H16N2O4S. The van der Waals surface area contributed by atoms with Gasteiger partial charge in [0.05, 0.1) is 16.5 Å². The lowest BCUT2D eigenvalue weighted by molar-refractivity contribution is -0.120. The van der Waals surface area contributed by atoms with Gasteiger partial charge in [0, 0.05) is 11.5 Å². The largest absolute Gasteiger partial charge is 0.295 e. The summed E-state index contributed by atoms with van der Waals surface area (Å²) in [5.41, 5.74) is 1.76. The van der Waals surface area contributed by atoms with Crippen molar-refractivity contribution in [2.75, 3.05) is 0 Å². The molecule has 3 rings (SSSR count). The third-order valence-corrected chi connectivity index (χ3v) is 5.74. The summed E-state index contributed by atoms with van der Waals surface area (Å²) in [5.74, 6) is -1.25. The smallest absolute Gasteiger partial charge is 0.264 e. The molecule has 0 saturated heterocycles. The Morgan fingerprint density at radius 1 is 1.15 bits per heavy atom. The SMILES string of the molecule is CC(=O)c1ccc(S(=O)(=O)NC(=O)C2CC2c2cccc(C#N)c2)cc1. The van der Waals surface area contributed by atoms with E-state index in [1.165, 1.54) is 31.2 Å². The number of rotatable bonds is 5. The first kappa shape index (κ1) is 17.8. The van der Waals surface area contributed by atoms with Crippen LogP contribution in [0.1, 0.15) is 40.7 Å². The molecule has 2 unspecified atom stereocenters. The van der Waals surface area contributed by atoms with Gasteiger partial charge in [-0.1, -0.05) is 24.3 Å². The number of nitrogens with zero attached hydrogens (tertiary/aromatic N) is 1. The van der Waals surface area contributed by atoms with Crippen molar-refractivity contribution in [1.29, 1.82) is 5.26 Å². The molecule has 2 aromatic carbocycles. The molecule has 2 aromatic rings. The van der Waals surface area contributed by atoms with E-state index in [9.17, 15) is 18.0 Å². The van der Waals surface area contributed by atoms with E-state index < -0.39 is 21.8 Å². The number of benzene rings is 2. The Morgan fingerprint density at radius 3 is 2.46 bits per heavy atom. The Hall–Kier alpha value is -2.98. The summed E-state index contributed by atoms with van der Waals surface area (Å²) in [6.07, 6.45) is 0.541. The van der Waals surface area contributed by atoms with Crippen LogP contribution in [0.15, 0.2) is 53.4 Å². The lowest BCUT2D eigenvalue weighted by Crippen LogP contribution is -2.32. The molecule has 0 heterocycles. The molecular weight excluding hydrogens is 352 g/mol. The molecule has 1 saturated carbocycles. The van der Waals surface area contributed by atoms with Crippen LogP contribution in [0.4, 0.5) is 0 Å². The summed E-state index contributed by atoms with van der Waals surface area (Å²) >= 11 is 0. The van der Waals surface area contributed by atoms with Crippen LogP contribution in [0.5, 0.6) is 0 Å². The van der Waals surface area contributed by atoms with Crippen molar-refractivity contribution in [2.24, 2.45) is 5.92 Å². The highest BCUT2D eigenvalue weighted by Gasteiger charge is 2.45. The van der Waals surface area contributed by atoms with Crippen LogP contribution >= 0.6 is 0 Å². The average Bonchev–Trinajstić information content (AvgIpc) is 3.42. The van der Waals surface area contributed by atoms with Crippen LogP contribution in [0.3, 0.4) is 0 Å². The van der Waals surface area contributed by atoms with Crippen LogP contribution < -0.4 is 4.72 Å². The molecule has 0 spiro atoms. The standard InChI is InChI=1S/C19H16N2O4S/c1-12(22)14-5-7-16(8-6-14)26(24,25)21-19(23)18-10-17(18)15-4-2-3-13(9-15)11-20/h2-9,17-18H,10H2,1H3,(H,21,23). The second-order valence-corrected chi connectivity index (χ2v) is 7.92. The molecule has 26 heavy (non-hydrogen) atoms. The van der Waals surface area contributed by atoms with Gasteiger partial charge in [-0.25, -0.2) is 13.1 Å². The summed E-state index contributed by atoms with van der Waals surface area (Å²) in [7, 11) is -3.99. The van der Waals surface area contributed by atoms with E-state index in [0.717, 1.165) is 5.56 Å². The summed E-state index contributed by atoms with van der Waals surface area (Å²) in [6, 6.07) is 14.4. The van der Waals surface area contributed by atoms with Gasteiger partial charge in [-0.15, -0.1) is 0 Å². The Kier molecular flexibility index (Phi) is 4.62. The zero-order valence-corrected chi connectivity index (χ0v) is 14.8. The van der Waals surface area contributed by atoms with E-state index in [4.69, 9.17) is 5.26 Å². The predicted octanol–water partition coefficient (Wildman–Crippen LogP) is 2.37. The monoisotopic (exact) mass is 368 g/mol. The van der Waals surface area contributed by atoms with E-state index in [2.05, 4.69) is 4.72 Å². The highest BCUT2D eigenvalue weighted by atomic mass is 32.2. The lowest BCUT2D eigenvalue weighted by Gasteiger charge is -2.07. The van der Waals surface area contributed by atoms with Crippen LogP contribution in [-0.2, 0) is 14.8 Å². The minimum Gasteiger partial charge on any atom is -0.295 e. The van der Waals surface area contributed by atoms with E-state index in [-0.39, 0.29) is 16.6 Å². The van der Waals surface area contributed by atoms with Gasteiger partial charge in [0.2, 0.25) is 5.91 Å².